The first kappa shape index (κ1) is 13.1. The number of fused-ring (bicyclic) bond motifs is 1. The molecular weight excluding hydrogens is 226 g/mol. The van der Waals surface area contributed by atoms with Crippen molar-refractivity contribution < 1.29 is 4.79 Å². The number of hydrogen-bond acceptors (Lipinski definition) is 4. The highest BCUT2D eigenvalue weighted by atomic mass is 16.1. The van der Waals surface area contributed by atoms with Gasteiger partial charge in [-0.15, -0.1) is 0 Å². The van der Waals surface area contributed by atoms with Crippen LogP contribution in [0.15, 0.2) is 18.2 Å². The zero-order valence-corrected chi connectivity index (χ0v) is 11.1. The zero-order valence-electron chi connectivity index (χ0n) is 11.1. The zero-order chi connectivity index (χ0) is 13.0. The lowest BCUT2D eigenvalue weighted by Gasteiger charge is -2.10. The van der Waals surface area contributed by atoms with Crippen LogP contribution in [0.3, 0.4) is 0 Å². The van der Waals surface area contributed by atoms with Crippen LogP contribution in [0.4, 0.5) is 5.69 Å². The van der Waals surface area contributed by atoms with Gasteiger partial charge in [-0.25, -0.2) is 0 Å². The molecule has 4 heteroatoms. The lowest BCUT2D eigenvalue weighted by Crippen LogP contribution is -2.30. The maximum Gasteiger partial charge on any atom is 0.176 e. The van der Waals surface area contributed by atoms with Crippen LogP contribution in [0.5, 0.6) is 0 Å². The van der Waals surface area contributed by atoms with Gasteiger partial charge in [-0.1, -0.05) is 0 Å². The quantitative estimate of drug-likeness (QED) is 0.581. The standard InChI is InChI=1S/C14H21N3O/c1-17(2)8-7-15-10-14(18)12-3-4-13-11(9-12)5-6-16-13/h3-4,9,15-16H,5-8,10H2,1-2H3. The average molecular weight is 247 g/mol. The Morgan fingerprint density at radius 1 is 1.44 bits per heavy atom. The number of nitrogens with zero attached hydrogens (tertiary/aromatic N) is 1. The SMILES string of the molecule is CN(C)CCNCC(=O)c1ccc2c(c1)CCN2. The first-order valence-electron chi connectivity index (χ1n) is 6.42. The highest BCUT2D eigenvalue weighted by Crippen LogP contribution is 2.22. The van der Waals surface area contributed by atoms with Crippen molar-refractivity contribution >= 4 is 11.5 Å². The number of ketones is 1. The van der Waals surface area contributed by atoms with Crippen LogP contribution in [-0.4, -0.2) is 51.0 Å². The Bertz CT molecular complexity index is 429. The fourth-order valence-corrected chi connectivity index (χ4v) is 2.08. The Morgan fingerprint density at radius 2 is 2.28 bits per heavy atom. The third-order valence-corrected chi connectivity index (χ3v) is 3.16. The van der Waals surface area contributed by atoms with Gasteiger partial charge in [0.1, 0.15) is 0 Å². The second kappa shape index (κ2) is 5.98. The molecule has 18 heavy (non-hydrogen) atoms. The van der Waals surface area contributed by atoms with Gasteiger partial charge in [0.2, 0.25) is 0 Å². The van der Waals surface area contributed by atoms with Gasteiger partial charge in [0, 0.05) is 30.9 Å². The maximum absolute atomic E-state index is 12.0. The summed E-state index contributed by atoms with van der Waals surface area (Å²) in [5.74, 6) is 0.170. The summed E-state index contributed by atoms with van der Waals surface area (Å²) in [4.78, 5) is 14.1. The molecule has 0 saturated heterocycles. The van der Waals surface area contributed by atoms with Gasteiger partial charge in [-0.05, 0) is 44.3 Å². The first-order chi connectivity index (χ1) is 8.66. The Kier molecular flexibility index (Phi) is 4.33. The lowest BCUT2D eigenvalue weighted by molar-refractivity contribution is 0.0990. The number of carbonyl (C=O) groups excluding carboxylic acids is 1. The number of benzene rings is 1. The Labute approximate surface area is 108 Å². The fourth-order valence-electron chi connectivity index (χ4n) is 2.08. The van der Waals surface area contributed by atoms with Gasteiger partial charge in [0.25, 0.3) is 0 Å². The van der Waals surface area contributed by atoms with E-state index in [-0.39, 0.29) is 5.78 Å². The van der Waals surface area contributed by atoms with Crippen LogP contribution in [0.1, 0.15) is 15.9 Å². The minimum atomic E-state index is 0.170. The molecule has 1 aliphatic heterocycles. The van der Waals surface area contributed by atoms with E-state index in [1.54, 1.807) is 0 Å². The lowest BCUT2D eigenvalue weighted by atomic mass is 10.1. The summed E-state index contributed by atoms with van der Waals surface area (Å²) in [5, 5.41) is 6.47. The molecule has 0 radical (unpaired) electrons. The van der Waals surface area contributed by atoms with E-state index in [9.17, 15) is 4.79 Å². The van der Waals surface area contributed by atoms with E-state index in [1.807, 2.05) is 32.3 Å². The van der Waals surface area contributed by atoms with Crippen molar-refractivity contribution in [3.8, 4) is 0 Å². The molecule has 0 aromatic heterocycles. The molecule has 1 aromatic rings. The van der Waals surface area contributed by atoms with Gasteiger partial charge in [-0.3, -0.25) is 4.79 Å². The number of rotatable bonds is 6. The maximum atomic E-state index is 12.0. The Morgan fingerprint density at radius 3 is 3.06 bits per heavy atom. The number of hydrogen-bond donors (Lipinski definition) is 2. The summed E-state index contributed by atoms with van der Waals surface area (Å²) < 4.78 is 0. The number of carbonyl (C=O) groups is 1. The number of likely N-dealkylation sites (N-methyl/N-ethyl adjacent to an activating group) is 1. The van der Waals surface area contributed by atoms with Crippen molar-refractivity contribution in [2.24, 2.45) is 0 Å². The molecule has 1 aromatic carbocycles. The van der Waals surface area contributed by atoms with E-state index in [2.05, 4.69) is 15.5 Å². The molecule has 0 amide bonds. The number of anilines is 1. The molecule has 0 bridgehead atoms. The first-order valence-corrected chi connectivity index (χ1v) is 6.42. The topological polar surface area (TPSA) is 44.4 Å². The van der Waals surface area contributed by atoms with Crippen molar-refractivity contribution in [2.75, 3.05) is 45.6 Å². The normalized spacial score (nSPS) is 13.5. The Balaban J connectivity index is 1.85. The highest BCUT2D eigenvalue weighted by molar-refractivity contribution is 5.98. The number of Topliss-reactive ketones (excluding diaryl/α,β-unsaturated/α-hetero) is 1. The molecule has 2 N–H and O–H groups in total. The van der Waals surface area contributed by atoms with Gasteiger partial charge < -0.3 is 15.5 Å². The minimum absolute atomic E-state index is 0.170. The minimum Gasteiger partial charge on any atom is -0.384 e. The summed E-state index contributed by atoms with van der Waals surface area (Å²) in [6.45, 7) is 3.18. The molecule has 0 fully saturated rings. The molecule has 98 valence electrons. The number of nitrogens with one attached hydrogen (secondary N) is 2. The molecule has 2 rings (SSSR count). The van der Waals surface area contributed by atoms with Crippen molar-refractivity contribution in [1.29, 1.82) is 0 Å². The summed E-state index contributed by atoms with van der Waals surface area (Å²) in [5.41, 5.74) is 3.25. The van der Waals surface area contributed by atoms with Crippen molar-refractivity contribution in [1.82, 2.24) is 10.2 Å². The van der Waals surface area contributed by atoms with E-state index in [4.69, 9.17) is 0 Å². The Hall–Kier alpha value is -1.39. The molecular formula is C14H21N3O. The fraction of sp³-hybridized carbons (Fsp3) is 0.500. The van der Waals surface area contributed by atoms with Crippen LogP contribution in [-0.2, 0) is 6.42 Å². The van der Waals surface area contributed by atoms with Crippen molar-refractivity contribution in [3.05, 3.63) is 29.3 Å². The average Bonchev–Trinajstić information content (AvgIpc) is 2.81. The second-order valence-electron chi connectivity index (χ2n) is 4.95. The summed E-state index contributed by atoms with van der Waals surface area (Å²) >= 11 is 0. The van der Waals surface area contributed by atoms with E-state index in [0.29, 0.717) is 6.54 Å². The van der Waals surface area contributed by atoms with Gasteiger partial charge in [0.05, 0.1) is 6.54 Å². The monoisotopic (exact) mass is 247 g/mol. The van der Waals surface area contributed by atoms with E-state index in [1.165, 1.54) is 11.3 Å². The predicted octanol–water partition coefficient (Wildman–Crippen LogP) is 0.988. The molecule has 0 unspecified atom stereocenters. The molecule has 0 aliphatic carbocycles. The van der Waals surface area contributed by atoms with E-state index >= 15 is 0 Å². The van der Waals surface area contributed by atoms with Crippen LogP contribution in [0.2, 0.25) is 0 Å². The van der Waals surface area contributed by atoms with Crippen molar-refractivity contribution in [3.63, 3.8) is 0 Å². The summed E-state index contributed by atoms with van der Waals surface area (Å²) in [7, 11) is 4.05. The largest absolute Gasteiger partial charge is 0.384 e. The van der Waals surface area contributed by atoms with Crippen LogP contribution < -0.4 is 10.6 Å². The third-order valence-electron chi connectivity index (χ3n) is 3.16. The van der Waals surface area contributed by atoms with Crippen LogP contribution in [0.25, 0.3) is 0 Å². The van der Waals surface area contributed by atoms with Gasteiger partial charge in [0.15, 0.2) is 5.78 Å². The summed E-state index contributed by atoms with van der Waals surface area (Å²) in [6, 6.07) is 5.94. The second-order valence-corrected chi connectivity index (χ2v) is 4.95. The molecule has 0 atom stereocenters. The smallest absolute Gasteiger partial charge is 0.176 e. The molecule has 0 spiro atoms. The summed E-state index contributed by atoms with van der Waals surface area (Å²) in [6.07, 6.45) is 1.02. The predicted molar refractivity (Wildman–Crippen MR) is 74.4 cm³/mol. The molecule has 1 aliphatic rings. The van der Waals surface area contributed by atoms with Gasteiger partial charge in [-0.2, -0.15) is 0 Å². The molecule has 1 heterocycles. The van der Waals surface area contributed by atoms with Crippen LogP contribution in [0, 0.1) is 0 Å². The van der Waals surface area contributed by atoms with E-state index in [0.717, 1.165) is 31.6 Å². The molecule has 4 nitrogen and oxygen atoms in total. The van der Waals surface area contributed by atoms with Crippen molar-refractivity contribution in [2.45, 2.75) is 6.42 Å². The molecule has 0 saturated carbocycles. The highest BCUT2D eigenvalue weighted by Gasteiger charge is 2.13. The third kappa shape index (κ3) is 3.31. The van der Waals surface area contributed by atoms with Gasteiger partial charge >= 0.3 is 0 Å². The van der Waals surface area contributed by atoms with Crippen LogP contribution >= 0.6 is 0 Å². The van der Waals surface area contributed by atoms with E-state index < -0.39 is 0 Å².